The summed E-state index contributed by atoms with van der Waals surface area (Å²) in [6.07, 6.45) is 1.59. The van der Waals surface area contributed by atoms with Crippen LogP contribution in [0.2, 0.25) is 0 Å². The number of aromatic nitrogens is 1. The first-order valence-electron chi connectivity index (χ1n) is 5.85. The Hall–Kier alpha value is -2.55. The minimum absolute atomic E-state index is 0.0139. The number of benzene rings is 1. The number of nitro groups is 1. The summed E-state index contributed by atoms with van der Waals surface area (Å²) in [6.45, 7) is 0.153. The number of anilines is 1. The first-order valence-corrected chi connectivity index (χ1v) is 6.73. The van der Waals surface area contributed by atoms with Gasteiger partial charge in [0.1, 0.15) is 10.6 Å². The summed E-state index contributed by atoms with van der Waals surface area (Å²) in [5.74, 6) is -1.45. The minimum atomic E-state index is -0.791. The van der Waals surface area contributed by atoms with Gasteiger partial charge in [0.2, 0.25) is 0 Å². The first-order chi connectivity index (χ1) is 10.0. The number of carbonyl (C=O) groups is 1. The number of nitrogens with zero attached hydrogens (tertiary/aromatic N) is 2. The van der Waals surface area contributed by atoms with Gasteiger partial charge in [-0.25, -0.2) is 9.37 Å². The molecule has 7 nitrogen and oxygen atoms in total. The number of carbonyl (C=O) groups excluding carboxylic acids is 1. The summed E-state index contributed by atoms with van der Waals surface area (Å²) in [4.78, 5) is 26.2. The number of rotatable bonds is 5. The average molecular weight is 310 g/mol. The van der Waals surface area contributed by atoms with E-state index >= 15 is 0 Å². The lowest BCUT2D eigenvalue weighted by Crippen LogP contribution is -2.24. The highest BCUT2D eigenvalue weighted by Crippen LogP contribution is 2.26. The second-order valence-electron chi connectivity index (χ2n) is 3.96. The standard InChI is InChI=1S/C12H11FN4O3S/c1-14-9-4-7(10(17(19)20)5-8(9)13)12(18)16-6-11-15-2-3-21-11/h2-5,14H,6H2,1H3,(H,16,18). The highest BCUT2D eigenvalue weighted by atomic mass is 32.1. The Morgan fingerprint density at radius 1 is 1.52 bits per heavy atom. The Bertz CT molecular complexity index is 675. The van der Waals surface area contributed by atoms with Crippen molar-refractivity contribution in [1.82, 2.24) is 10.3 Å². The van der Waals surface area contributed by atoms with Crippen LogP contribution in [0.5, 0.6) is 0 Å². The smallest absolute Gasteiger partial charge is 0.285 e. The van der Waals surface area contributed by atoms with Crippen molar-refractivity contribution in [2.24, 2.45) is 0 Å². The average Bonchev–Trinajstić information content (AvgIpc) is 2.97. The topological polar surface area (TPSA) is 97.2 Å². The number of nitro benzene ring substituents is 1. The fourth-order valence-electron chi connectivity index (χ4n) is 1.68. The highest BCUT2D eigenvalue weighted by Gasteiger charge is 2.23. The van der Waals surface area contributed by atoms with Gasteiger partial charge in [-0.2, -0.15) is 0 Å². The molecule has 110 valence electrons. The minimum Gasteiger partial charge on any atom is -0.386 e. The van der Waals surface area contributed by atoms with Crippen LogP contribution in [-0.4, -0.2) is 22.9 Å². The van der Waals surface area contributed by atoms with Crippen LogP contribution in [0.4, 0.5) is 15.8 Å². The van der Waals surface area contributed by atoms with Crippen molar-refractivity contribution in [1.29, 1.82) is 0 Å². The van der Waals surface area contributed by atoms with E-state index in [9.17, 15) is 19.3 Å². The van der Waals surface area contributed by atoms with Gasteiger partial charge in [-0.15, -0.1) is 11.3 Å². The van der Waals surface area contributed by atoms with Crippen LogP contribution in [0, 0.1) is 15.9 Å². The third-order valence-electron chi connectivity index (χ3n) is 2.68. The van der Waals surface area contributed by atoms with Crippen molar-refractivity contribution in [2.45, 2.75) is 6.54 Å². The molecule has 2 aromatic rings. The van der Waals surface area contributed by atoms with Gasteiger partial charge >= 0.3 is 0 Å². The van der Waals surface area contributed by atoms with Crippen LogP contribution in [0.1, 0.15) is 15.4 Å². The Labute approximate surface area is 123 Å². The van der Waals surface area contributed by atoms with Crippen molar-refractivity contribution < 1.29 is 14.1 Å². The Kier molecular flexibility index (Phi) is 4.43. The second-order valence-corrected chi connectivity index (χ2v) is 4.94. The van der Waals surface area contributed by atoms with Gasteiger partial charge in [0.05, 0.1) is 23.2 Å². The van der Waals surface area contributed by atoms with E-state index in [0.717, 1.165) is 12.1 Å². The summed E-state index contributed by atoms with van der Waals surface area (Å²) in [5, 5.41) is 18.4. The lowest BCUT2D eigenvalue weighted by molar-refractivity contribution is -0.385. The second kappa shape index (κ2) is 6.27. The van der Waals surface area contributed by atoms with E-state index in [2.05, 4.69) is 15.6 Å². The molecule has 0 aliphatic heterocycles. The van der Waals surface area contributed by atoms with E-state index in [4.69, 9.17) is 0 Å². The summed E-state index contributed by atoms with van der Waals surface area (Å²) >= 11 is 1.35. The number of amides is 1. The molecule has 0 saturated carbocycles. The molecular formula is C12H11FN4O3S. The zero-order valence-electron chi connectivity index (χ0n) is 10.9. The fraction of sp³-hybridized carbons (Fsp3) is 0.167. The van der Waals surface area contributed by atoms with Crippen molar-refractivity contribution in [3.05, 3.63) is 50.2 Å². The zero-order valence-corrected chi connectivity index (χ0v) is 11.7. The lowest BCUT2D eigenvalue weighted by Gasteiger charge is -2.08. The molecule has 2 rings (SSSR count). The number of nitrogens with one attached hydrogen (secondary N) is 2. The molecule has 1 heterocycles. The van der Waals surface area contributed by atoms with Crippen LogP contribution in [0.15, 0.2) is 23.7 Å². The largest absolute Gasteiger partial charge is 0.386 e. The van der Waals surface area contributed by atoms with Crippen molar-refractivity contribution in [3.63, 3.8) is 0 Å². The van der Waals surface area contributed by atoms with Gasteiger partial charge in [-0.3, -0.25) is 14.9 Å². The molecule has 1 aromatic carbocycles. The number of hydrogen-bond acceptors (Lipinski definition) is 6. The van der Waals surface area contributed by atoms with Gasteiger partial charge in [0.15, 0.2) is 5.82 Å². The fourth-order valence-corrected chi connectivity index (χ4v) is 2.23. The molecule has 2 N–H and O–H groups in total. The van der Waals surface area contributed by atoms with E-state index in [1.807, 2.05) is 0 Å². The highest BCUT2D eigenvalue weighted by molar-refractivity contribution is 7.09. The number of thiazole rings is 1. The maximum absolute atomic E-state index is 13.6. The summed E-state index contributed by atoms with van der Waals surface area (Å²) in [7, 11) is 1.46. The summed E-state index contributed by atoms with van der Waals surface area (Å²) in [5.41, 5.74) is -0.773. The molecule has 0 spiro atoms. The molecule has 9 heteroatoms. The van der Waals surface area contributed by atoms with Crippen LogP contribution in [0.25, 0.3) is 0 Å². The van der Waals surface area contributed by atoms with Crippen LogP contribution in [0.3, 0.4) is 0 Å². The summed E-state index contributed by atoms with van der Waals surface area (Å²) in [6, 6.07) is 1.84. The molecule has 0 atom stereocenters. The van der Waals surface area contributed by atoms with Gasteiger partial charge in [-0.05, 0) is 6.07 Å². The predicted octanol–water partition coefficient (Wildman–Crippen LogP) is 2.16. The molecule has 1 aromatic heterocycles. The van der Waals surface area contributed by atoms with Crippen LogP contribution < -0.4 is 10.6 Å². The maximum atomic E-state index is 13.6. The molecule has 0 saturated heterocycles. The van der Waals surface area contributed by atoms with Gasteiger partial charge in [0, 0.05) is 18.6 Å². The maximum Gasteiger partial charge on any atom is 0.285 e. The zero-order chi connectivity index (χ0) is 15.4. The van der Waals surface area contributed by atoms with Crippen molar-refractivity contribution in [2.75, 3.05) is 12.4 Å². The Balaban J connectivity index is 2.27. The third kappa shape index (κ3) is 3.31. The first kappa shape index (κ1) is 14.9. The Morgan fingerprint density at radius 3 is 2.86 bits per heavy atom. The molecule has 0 aliphatic rings. The summed E-state index contributed by atoms with van der Waals surface area (Å²) < 4.78 is 13.6. The monoisotopic (exact) mass is 310 g/mol. The van der Waals surface area contributed by atoms with Crippen molar-refractivity contribution >= 4 is 28.6 Å². The molecule has 0 unspecified atom stereocenters. The molecule has 21 heavy (non-hydrogen) atoms. The molecule has 1 amide bonds. The Morgan fingerprint density at radius 2 is 2.29 bits per heavy atom. The van der Waals surface area contributed by atoms with Crippen molar-refractivity contribution in [3.8, 4) is 0 Å². The molecular weight excluding hydrogens is 299 g/mol. The van der Waals surface area contributed by atoms with Gasteiger partial charge in [-0.1, -0.05) is 0 Å². The normalized spacial score (nSPS) is 10.2. The molecule has 0 radical (unpaired) electrons. The third-order valence-corrected chi connectivity index (χ3v) is 3.46. The van der Waals surface area contributed by atoms with E-state index in [1.165, 1.54) is 18.4 Å². The predicted molar refractivity (Wildman–Crippen MR) is 75.9 cm³/mol. The molecule has 0 bridgehead atoms. The van der Waals surface area contributed by atoms with Gasteiger partial charge in [0.25, 0.3) is 11.6 Å². The van der Waals surface area contributed by atoms with E-state index in [1.54, 1.807) is 11.6 Å². The SMILES string of the molecule is CNc1cc(C(=O)NCc2nccs2)c([N+](=O)[O-])cc1F. The van der Waals surface area contributed by atoms with E-state index in [0.29, 0.717) is 5.01 Å². The van der Waals surface area contributed by atoms with Crippen LogP contribution in [-0.2, 0) is 6.54 Å². The van der Waals surface area contributed by atoms with Gasteiger partial charge < -0.3 is 10.6 Å². The van der Waals surface area contributed by atoms with E-state index < -0.39 is 22.3 Å². The van der Waals surface area contributed by atoms with Crippen LogP contribution >= 0.6 is 11.3 Å². The molecule has 0 aliphatic carbocycles. The van der Waals surface area contributed by atoms with E-state index in [-0.39, 0.29) is 17.8 Å². The molecule has 0 fully saturated rings. The number of halogens is 1. The number of hydrogen-bond donors (Lipinski definition) is 2. The quantitative estimate of drug-likeness (QED) is 0.651. The lowest BCUT2D eigenvalue weighted by atomic mass is 10.1.